The molecule has 5 aliphatic carbocycles. The molecule has 8 heteroatoms. The number of piperidine rings is 1. The lowest BCUT2D eigenvalue weighted by atomic mass is 9.33. The Labute approximate surface area is 331 Å². The summed E-state index contributed by atoms with van der Waals surface area (Å²) in [6.45, 7) is 25.1. The van der Waals surface area contributed by atoms with Crippen molar-refractivity contribution in [3.8, 4) is 0 Å². The summed E-state index contributed by atoms with van der Waals surface area (Å²) in [4.78, 5) is 68.8. The van der Waals surface area contributed by atoms with Gasteiger partial charge in [0.1, 0.15) is 11.9 Å². The minimum absolute atomic E-state index is 0.0169. The number of likely N-dealkylation sites (tertiary alicyclic amines) is 1. The van der Waals surface area contributed by atoms with E-state index in [2.05, 4.69) is 67.2 Å². The van der Waals surface area contributed by atoms with E-state index in [0.29, 0.717) is 61.8 Å². The Hall–Kier alpha value is -2.51. The Morgan fingerprint density at radius 2 is 1.49 bits per heavy atom. The fourth-order valence-electron chi connectivity index (χ4n) is 14.2. The third-order valence-electron chi connectivity index (χ3n) is 17.3. The van der Waals surface area contributed by atoms with E-state index in [-0.39, 0.29) is 57.7 Å². The number of amides is 1. The van der Waals surface area contributed by atoms with Crippen molar-refractivity contribution >= 4 is 29.4 Å². The standard InChI is InChI=1S/C47H73NO7/c1-28(2)24-31(49)25-30-16-22-48(23-17-30)40(52)47-21-20-45(10)32(39(47)38(29(3)4)33(50)26-47)12-13-35-44(9)18-15-36(55-37(51)27-42(5,6)41(53)54)43(7,8)34(44)14-19-46(35,45)11/h28-30,32,34-36H,12-27H2,1-11H3,(H,53,54)/t32-,34+,35-,36+,44+,45-,46-,47-/m1/s1. The Bertz CT molecular complexity index is 1610. The van der Waals surface area contributed by atoms with E-state index >= 15 is 4.79 Å². The molecule has 1 heterocycles. The number of Topliss-reactive ketones (excluding diaryl/α,β-unsaturated/α-hetero) is 2. The molecule has 6 rings (SSSR count). The maximum Gasteiger partial charge on any atom is 0.309 e. The summed E-state index contributed by atoms with van der Waals surface area (Å²) in [6, 6.07) is 0. The van der Waals surface area contributed by atoms with E-state index in [1.165, 1.54) is 5.57 Å². The van der Waals surface area contributed by atoms with Crippen molar-refractivity contribution in [1.29, 1.82) is 0 Å². The second-order valence-electron chi connectivity index (χ2n) is 22.1. The van der Waals surface area contributed by atoms with E-state index in [0.717, 1.165) is 69.8 Å². The summed E-state index contributed by atoms with van der Waals surface area (Å²) in [5.41, 5.74) is -0.0413. The number of carboxylic acid groups (broad SMARTS) is 1. The van der Waals surface area contributed by atoms with Crippen molar-refractivity contribution in [1.82, 2.24) is 4.90 Å². The van der Waals surface area contributed by atoms with E-state index in [4.69, 9.17) is 4.74 Å². The van der Waals surface area contributed by atoms with Crippen LogP contribution in [-0.4, -0.2) is 58.6 Å². The Balaban J connectivity index is 1.25. The van der Waals surface area contributed by atoms with E-state index in [1.807, 2.05) is 0 Å². The van der Waals surface area contributed by atoms with Crippen LogP contribution in [0.3, 0.4) is 0 Å². The number of fused-ring (bicyclic) bond motifs is 7. The number of nitrogens with zero attached hydrogens (tertiary/aromatic N) is 1. The number of ether oxygens (including phenoxy) is 1. The predicted molar refractivity (Wildman–Crippen MR) is 214 cm³/mol. The molecule has 0 spiro atoms. The zero-order chi connectivity index (χ0) is 40.7. The van der Waals surface area contributed by atoms with Gasteiger partial charge in [0.25, 0.3) is 0 Å². The van der Waals surface area contributed by atoms with E-state index in [1.54, 1.807) is 13.8 Å². The van der Waals surface area contributed by atoms with Crippen LogP contribution in [-0.2, 0) is 28.7 Å². The van der Waals surface area contributed by atoms with Crippen molar-refractivity contribution in [2.75, 3.05) is 13.1 Å². The molecule has 5 fully saturated rings. The summed E-state index contributed by atoms with van der Waals surface area (Å²) < 4.78 is 6.17. The number of rotatable bonds is 10. The van der Waals surface area contributed by atoms with Crippen LogP contribution in [0.1, 0.15) is 166 Å². The summed E-state index contributed by atoms with van der Waals surface area (Å²) in [5.74, 6) is 1.02. The van der Waals surface area contributed by atoms with E-state index in [9.17, 15) is 24.3 Å². The van der Waals surface area contributed by atoms with Gasteiger partial charge in [-0.1, -0.05) is 62.3 Å². The maximum absolute atomic E-state index is 15.0. The van der Waals surface area contributed by atoms with Crippen LogP contribution >= 0.6 is 0 Å². The van der Waals surface area contributed by atoms with Crippen LogP contribution in [0.15, 0.2) is 11.1 Å². The largest absolute Gasteiger partial charge is 0.481 e. The van der Waals surface area contributed by atoms with Gasteiger partial charge in [0.05, 0.1) is 17.3 Å². The Kier molecular flexibility index (Phi) is 11.0. The molecule has 8 atom stereocenters. The smallest absolute Gasteiger partial charge is 0.309 e. The SMILES string of the molecule is CC(C)CC(=O)CC1CCN(C(=O)[C@@]23CC[C@]4(C)[C@H](CC[C@@H]5[C@@]6(C)CC[C@H](OC(=O)CC(C)(C)C(=O)O)C(C)(C)[C@@H]6CC[C@]54C)C2=C(C(C)C)C(=O)C3)CC1. The molecule has 6 aliphatic rings. The first kappa shape index (κ1) is 42.1. The third kappa shape index (κ3) is 6.77. The highest BCUT2D eigenvalue weighted by molar-refractivity contribution is 6.07. The van der Waals surface area contributed by atoms with Crippen LogP contribution in [0.5, 0.6) is 0 Å². The van der Waals surface area contributed by atoms with Crippen molar-refractivity contribution in [3.63, 3.8) is 0 Å². The highest BCUT2D eigenvalue weighted by Gasteiger charge is 2.71. The maximum atomic E-state index is 15.0. The second-order valence-corrected chi connectivity index (χ2v) is 22.1. The summed E-state index contributed by atoms with van der Waals surface area (Å²) in [7, 11) is 0. The van der Waals surface area contributed by atoms with Gasteiger partial charge in [-0.25, -0.2) is 0 Å². The Morgan fingerprint density at radius 3 is 2.09 bits per heavy atom. The van der Waals surface area contributed by atoms with Gasteiger partial charge in [-0.3, -0.25) is 24.0 Å². The quantitative estimate of drug-likeness (QED) is 0.220. The molecule has 0 unspecified atom stereocenters. The molecule has 55 heavy (non-hydrogen) atoms. The highest BCUT2D eigenvalue weighted by atomic mass is 16.5. The molecular weight excluding hydrogens is 691 g/mol. The first-order valence-electron chi connectivity index (χ1n) is 22.0. The summed E-state index contributed by atoms with van der Waals surface area (Å²) in [6.07, 6.45) is 10.4. The lowest BCUT2D eigenvalue weighted by Crippen LogP contribution is -2.66. The fourth-order valence-corrected chi connectivity index (χ4v) is 14.2. The summed E-state index contributed by atoms with van der Waals surface area (Å²) >= 11 is 0. The van der Waals surface area contributed by atoms with Crippen LogP contribution in [0.25, 0.3) is 0 Å². The number of ketones is 2. The molecule has 1 saturated heterocycles. The molecule has 1 N–H and O–H groups in total. The number of esters is 1. The van der Waals surface area contributed by atoms with Crippen molar-refractivity contribution in [3.05, 3.63) is 11.1 Å². The highest BCUT2D eigenvalue weighted by Crippen LogP contribution is 2.77. The number of hydrogen-bond acceptors (Lipinski definition) is 6. The van der Waals surface area contributed by atoms with Crippen molar-refractivity contribution < 1.29 is 33.8 Å². The molecular formula is C47H73NO7. The zero-order valence-electron chi connectivity index (χ0n) is 36.2. The van der Waals surface area contributed by atoms with E-state index < -0.39 is 22.8 Å². The number of allylic oxidation sites excluding steroid dienone is 1. The molecule has 0 aromatic heterocycles. The molecule has 0 aromatic rings. The normalized spacial score (nSPS) is 37.6. The minimum Gasteiger partial charge on any atom is -0.481 e. The molecule has 308 valence electrons. The van der Waals surface area contributed by atoms with Gasteiger partial charge in [-0.05, 0) is 141 Å². The molecule has 4 saturated carbocycles. The van der Waals surface area contributed by atoms with Gasteiger partial charge in [0, 0.05) is 37.8 Å². The van der Waals surface area contributed by atoms with Gasteiger partial charge in [0.2, 0.25) is 5.91 Å². The second kappa shape index (κ2) is 14.4. The fraction of sp³-hybridized carbons (Fsp3) is 0.851. The average molecular weight is 764 g/mol. The van der Waals surface area contributed by atoms with Gasteiger partial charge in [0.15, 0.2) is 5.78 Å². The van der Waals surface area contributed by atoms with Crippen LogP contribution in [0.4, 0.5) is 0 Å². The van der Waals surface area contributed by atoms with Crippen LogP contribution < -0.4 is 0 Å². The average Bonchev–Trinajstić information content (AvgIpc) is 3.39. The van der Waals surface area contributed by atoms with Gasteiger partial charge in [-0.15, -0.1) is 0 Å². The number of carboxylic acids is 1. The number of carbonyl (C=O) groups excluding carboxylic acids is 4. The topological polar surface area (TPSA) is 118 Å². The molecule has 1 aliphatic heterocycles. The monoisotopic (exact) mass is 764 g/mol. The molecule has 0 radical (unpaired) electrons. The van der Waals surface area contributed by atoms with Crippen molar-refractivity contribution in [2.24, 2.45) is 68.0 Å². The van der Waals surface area contributed by atoms with Crippen molar-refractivity contribution in [2.45, 2.75) is 172 Å². The molecule has 8 nitrogen and oxygen atoms in total. The molecule has 0 aromatic carbocycles. The zero-order valence-corrected chi connectivity index (χ0v) is 36.2. The number of aliphatic carboxylic acids is 1. The molecule has 1 amide bonds. The predicted octanol–water partition coefficient (Wildman–Crippen LogP) is 9.62. The van der Waals surface area contributed by atoms with Crippen LogP contribution in [0, 0.1) is 68.0 Å². The Morgan fingerprint density at radius 1 is 0.836 bits per heavy atom. The molecule has 0 bridgehead atoms. The summed E-state index contributed by atoms with van der Waals surface area (Å²) in [5, 5.41) is 9.63. The van der Waals surface area contributed by atoms with Crippen LogP contribution in [0.2, 0.25) is 0 Å². The number of carbonyl (C=O) groups is 5. The lowest BCUT2D eigenvalue weighted by molar-refractivity contribution is -0.233. The first-order chi connectivity index (χ1) is 25.4. The van der Waals surface area contributed by atoms with Gasteiger partial charge in [-0.2, -0.15) is 0 Å². The van der Waals surface area contributed by atoms with Gasteiger partial charge < -0.3 is 14.7 Å². The minimum atomic E-state index is -1.17. The third-order valence-corrected chi connectivity index (χ3v) is 17.3. The first-order valence-corrected chi connectivity index (χ1v) is 22.0. The number of hydrogen-bond donors (Lipinski definition) is 1. The lowest BCUT2D eigenvalue weighted by Gasteiger charge is -2.72. The van der Waals surface area contributed by atoms with Gasteiger partial charge >= 0.3 is 11.9 Å².